The van der Waals surface area contributed by atoms with Crippen LogP contribution < -0.4 is 22.1 Å². The van der Waals surface area contributed by atoms with Crippen molar-refractivity contribution in [3.8, 4) is 0 Å². The average molecular weight is 436 g/mol. The quantitative estimate of drug-likeness (QED) is 0.604. The van der Waals surface area contributed by atoms with Gasteiger partial charge in [0.05, 0.1) is 11.8 Å². The first-order chi connectivity index (χ1) is 13.2. The van der Waals surface area contributed by atoms with Crippen LogP contribution in [0.1, 0.15) is 37.6 Å². The molecule has 0 unspecified atom stereocenters. The van der Waals surface area contributed by atoms with Gasteiger partial charge in [-0.15, -0.1) is 11.3 Å². The fourth-order valence-corrected chi connectivity index (χ4v) is 4.11. The van der Waals surface area contributed by atoms with Crippen LogP contribution in [0.5, 0.6) is 0 Å². The van der Waals surface area contributed by atoms with E-state index in [0.29, 0.717) is 10.4 Å². The molecule has 0 saturated heterocycles. The van der Waals surface area contributed by atoms with Crippen molar-refractivity contribution in [2.45, 2.75) is 59.9 Å². The summed E-state index contributed by atoms with van der Waals surface area (Å²) in [7, 11) is 0. The Morgan fingerprint density at radius 1 is 1.17 bits per heavy atom. The number of aromatic nitrogens is 2. The molecule has 0 bridgehead atoms. The summed E-state index contributed by atoms with van der Waals surface area (Å²) in [5.74, 6) is 0. The lowest BCUT2D eigenvalue weighted by atomic mass is 9.97. The minimum absolute atomic E-state index is 0.0175. The number of thiophene rings is 1. The van der Waals surface area contributed by atoms with Crippen LogP contribution in [0.25, 0.3) is 10.2 Å². The molecule has 0 aliphatic heterocycles. The summed E-state index contributed by atoms with van der Waals surface area (Å²) in [5.41, 5.74) is 3.12. The van der Waals surface area contributed by atoms with Crippen LogP contribution in [0.15, 0.2) is 9.59 Å². The molecule has 2 rings (SSSR count). The van der Waals surface area contributed by atoms with Crippen molar-refractivity contribution in [1.29, 1.82) is 0 Å². The molecule has 0 radical (unpaired) electrons. The van der Waals surface area contributed by atoms with E-state index >= 15 is 0 Å². The highest BCUT2D eigenvalue weighted by molar-refractivity contribution is 7.18. The number of hydrogen-bond acceptors (Lipinski definition) is 5. The minimum atomic E-state index is -4.46. The molecule has 0 aliphatic carbocycles. The summed E-state index contributed by atoms with van der Waals surface area (Å²) >= 11 is 0.995. The van der Waals surface area contributed by atoms with Crippen LogP contribution in [0, 0.1) is 12.3 Å². The van der Waals surface area contributed by atoms with Crippen molar-refractivity contribution < 1.29 is 23.1 Å². The third-order valence-electron chi connectivity index (χ3n) is 4.09. The van der Waals surface area contributed by atoms with Crippen molar-refractivity contribution in [3.05, 3.63) is 31.3 Å². The number of amides is 1. The van der Waals surface area contributed by atoms with Gasteiger partial charge >= 0.3 is 18.0 Å². The fourth-order valence-electron chi connectivity index (χ4n) is 2.86. The molecule has 2 aromatic heterocycles. The molecule has 0 fully saturated rings. The summed E-state index contributed by atoms with van der Waals surface area (Å²) in [4.78, 5) is 37.2. The number of carboxylic acid groups (broad SMARTS) is 1. The van der Waals surface area contributed by atoms with Crippen LogP contribution in [-0.4, -0.2) is 26.5 Å². The average Bonchev–Trinajstić information content (AvgIpc) is 2.86. The maximum absolute atomic E-state index is 13.0. The van der Waals surface area contributed by atoms with Crippen LogP contribution >= 0.6 is 11.3 Å². The van der Waals surface area contributed by atoms with E-state index < -0.39 is 41.9 Å². The highest BCUT2D eigenvalue weighted by Crippen LogP contribution is 2.29. The van der Waals surface area contributed by atoms with Crippen LogP contribution in [0.3, 0.4) is 0 Å². The smallest absolute Gasteiger partial charge is 0.419 e. The summed E-state index contributed by atoms with van der Waals surface area (Å²) in [6, 6.07) is 0. The highest BCUT2D eigenvalue weighted by atomic mass is 32.1. The predicted molar refractivity (Wildman–Crippen MR) is 103 cm³/mol. The molecule has 0 atom stereocenters. The van der Waals surface area contributed by atoms with E-state index in [9.17, 15) is 27.6 Å². The van der Waals surface area contributed by atoms with Crippen molar-refractivity contribution in [1.82, 2.24) is 20.0 Å². The first kappa shape index (κ1) is 22.9. The van der Waals surface area contributed by atoms with Gasteiger partial charge in [-0.1, -0.05) is 20.8 Å². The number of alkyl halides is 3. The lowest BCUT2D eigenvalue weighted by Crippen LogP contribution is -2.42. The fraction of sp³-hybridized carbons (Fsp3) is 0.588. The van der Waals surface area contributed by atoms with Gasteiger partial charge < -0.3 is 5.11 Å². The molecular formula is C17H23F3N4O4S. The third kappa shape index (κ3) is 5.60. The van der Waals surface area contributed by atoms with E-state index in [0.717, 1.165) is 20.5 Å². The maximum atomic E-state index is 13.0. The molecule has 29 heavy (non-hydrogen) atoms. The lowest BCUT2D eigenvalue weighted by Gasteiger charge is -2.20. The normalized spacial score (nSPS) is 12.5. The molecule has 8 nitrogen and oxygen atoms in total. The van der Waals surface area contributed by atoms with Gasteiger partial charge in [0.1, 0.15) is 4.83 Å². The zero-order valence-electron chi connectivity index (χ0n) is 16.4. The Morgan fingerprint density at radius 2 is 1.79 bits per heavy atom. The predicted octanol–water partition coefficient (Wildman–Crippen LogP) is 2.80. The van der Waals surface area contributed by atoms with Gasteiger partial charge in [-0.2, -0.15) is 13.2 Å². The number of nitrogens with one attached hydrogen (secondary N) is 2. The molecule has 12 heteroatoms. The zero-order chi connectivity index (χ0) is 22.1. The number of hydrazine groups is 1. The van der Waals surface area contributed by atoms with E-state index in [-0.39, 0.29) is 23.3 Å². The van der Waals surface area contributed by atoms with Crippen molar-refractivity contribution in [2.24, 2.45) is 5.41 Å². The molecule has 162 valence electrons. The van der Waals surface area contributed by atoms with Crippen LogP contribution in [-0.2, 0) is 19.6 Å². The number of fused-ring (bicyclic) bond motifs is 1. The summed E-state index contributed by atoms with van der Waals surface area (Å²) in [5, 5.41) is 8.81. The number of carbonyl (C=O) groups is 1. The molecule has 0 aliphatic rings. The Bertz CT molecular complexity index is 1030. The minimum Gasteiger partial charge on any atom is -0.464 e. The number of halogens is 3. The lowest BCUT2D eigenvalue weighted by molar-refractivity contribution is -0.136. The molecule has 1 amide bonds. The topological polar surface area (TPSA) is 105 Å². The standard InChI is InChI=1S/C17H23F3N4O4S/c1-9-10(7-21-22-14(26)27)29-13-11(9)12(25)24(8-16(2,3)4)15(28)23(13)6-5-17(18,19)20/h21-22H,5-8H2,1-4H3,(H,26,27). The Morgan fingerprint density at radius 3 is 2.31 bits per heavy atom. The van der Waals surface area contributed by atoms with Crippen LogP contribution in [0.2, 0.25) is 0 Å². The molecular weight excluding hydrogens is 413 g/mol. The second kappa shape index (κ2) is 8.19. The summed E-state index contributed by atoms with van der Waals surface area (Å²) in [6.07, 6.45) is -6.97. The molecule has 3 N–H and O–H groups in total. The molecule has 2 aromatic rings. The van der Waals surface area contributed by atoms with Crippen molar-refractivity contribution in [2.75, 3.05) is 0 Å². The molecule has 0 aromatic carbocycles. The Hall–Kier alpha value is -2.34. The molecule has 0 saturated carbocycles. The monoisotopic (exact) mass is 436 g/mol. The second-order valence-corrected chi connectivity index (χ2v) is 8.95. The zero-order valence-corrected chi connectivity index (χ0v) is 17.3. The summed E-state index contributed by atoms with van der Waals surface area (Å²) in [6.45, 7) is 6.53. The van der Waals surface area contributed by atoms with Gasteiger partial charge in [0.15, 0.2) is 0 Å². The highest BCUT2D eigenvalue weighted by Gasteiger charge is 2.29. The van der Waals surface area contributed by atoms with Crippen LogP contribution in [0.4, 0.5) is 18.0 Å². The van der Waals surface area contributed by atoms with E-state index in [1.54, 1.807) is 6.92 Å². The second-order valence-electron chi connectivity index (χ2n) is 7.87. The van der Waals surface area contributed by atoms with E-state index in [4.69, 9.17) is 5.11 Å². The molecule has 0 spiro atoms. The number of nitrogens with zero attached hydrogens (tertiary/aromatic N) is 2. The van der Waals surface area contributed by atoms with Gasteiger partial charge in [0.25, 0.3) is 5.56 Å². The Balaban J connectivity index is 2.67. The summed E-state index contributed by atoms with van der Waals surface area (Å²) < 4.78 is 40.4. The maximum Gasteiger partial charge on any atom is 0.419 e. The van der Waals surface area contributed by atoms with E-state index in [1.807, 2.05) is 26.2 Å². The third-order valence-corrected chi connectivity index (χ3v) is 5.40. The molecule has 2 heterocycles. The number of hydrogen-bond donors (Lipinski definition) is 3. The van der Waals surface area contributed by atoms with Gasteiger partial charge in [0, 0.05) is 24.5 Å². The van der Waals surface area contributed by atoms with Gasteiger partial charge in [-0.25, -0.2) is 15.0 Å². The van der Waals surface area contributed by atoms with Crippen molar-refractivity contribution >= 4 is 27.6 Å². The Labute approximate surface area is 167 Å². The Kier molecular flexibility index (Phi) is 6.48. The van der Waals surface area contributed by atoms with Gasteiger partial charge in [-0.05, 0) is 17.9 Å². The van der Waals surface area contributed by atoms with E-state index in [1.165, 1.54) is 0 Å². The first-order valence-electron chi connectivity index (χ1n) is 8.75. The number of rotatable bonds is 6. The van der Waals surface area contributed by atoms with E-state index in [2.05, 4.69) is 5.43 Å². The largest absolute Gasteiger partial charge is 0.464 e. The SMILES string of the molecule is Cc1c(CNNC(=O)O)sc2c1c(=O)n(CC(C)(C)C)c(=O)n2CCC(F)(F)F. The van der Waals surface area contributed by atoms with Gasteiger partial charge in [0.2, 0.25) is 0 Å². The first-order valence-corrected chi connectivity index (χ1v) is 9.57. The number of aryl methyl sites for hydroxylation is 2. The van der Waals surface area contributed by atoms with Gasteiger partial charge in [-0.3, -0.25) is 19.4 Å². The van der Waals surface area contributed by atoms with Crippen molar-refractivity contribution in [3.63, 3.8) is 0 Å².